The molecule has 29 heavy (non-hydrogen) atoms. The van der Waals surface area contributed by atoms with Crippen LogP contribution in [-0.4, -0.2) is 60.0 Å². The quantitative estimate of drug-likeness (QED) is 0.695. The second kappa shape index (κ2) is 8.17. The SMILES string of the molecule is Cc1ccc(-c2nc([C@H]3CC[C@H]4OCCN[C@@H]4C3)n(-c3ccnn3C)n2)nn1.Cl. The number of halogens is 1. The largest absolute Gasteiger partial charge is 0.375 e. The molecule has 0 amide bonds. The molecule has 2 fully saturated rings. The zero-order valence-electron chi connectivity index (χ0n) is 16.5. The maximum Gasteiger partial charge on any atom is 0.202 e. The smallest absolute Gasteiger partial charge is 0.202 e. The second-order valence-electron chi connectivity index (χ2n) is 7.56. The summed E-state index contributed by atoms with van der Waals surface area (Å²) in [5.41, 5.74) is 1.55. The highest BCUT2D eigenvalue weighted by molar-refractivity contribution is 5.85. The van der Waals surface area contributed by atoms with Gasteiger partial charge in [0.25, 0.3) is 0 Å². The normalized spacial score (nSPS) is 24.0. The summed E-state index contributed by atoms with van der Waals surface area (Å²) in [6.07, 6.45) is 5.12. The van der Waals surface area contributed by atoms with E-state index < -0.39 is 0 Å². The van der Waals surface area contributed by atoms with Crippen molar-refractivity contribution in [3.63, 3.8) is 0 Å². The van der Waals surface area contributed by atoms with E-state index in [0.29, 0.717) is 29.6 Å². The molecule has 10 heteroatoms. The molecule has 0 radical (unpaired) electrons. The molecule has 2 aliphatic rings. The minimum atomic E-state index is 0. The van der Waals surface area contributed by atoms with Crippen LogP contribution in [0.5, 0.6) is 0 Å². The molecule has 3 aromatic rings. The van der Waals surface area contributed by atoms with Gasteiger partial charge in [0.2, 0.25) is 5.82 Å². The van der Waals surface area contributed by atoms with E-state index in [4.69, 9.17) is 14.8 Å². The summed E-state index contributed by atoms with van der Waals surface area (Å²) < 4.78 is 9.67. The lowest BCUT2D eigenvalue weighted by atomic mass is 9.82. The number of hydrogen-bond donors (Lipinski definition) is 1. The Balaban J connectivity index is 0.00000205. The van der Waals surface area contributed by atoms with Crippen molar-refractivity contribution >= 4 is 12.4 Å². The fraction of sp³-hybridized carbons (Fsp3) is 0.526. The summed E-state index contributed by atoms with van der Waals surface area (Å²) in [5.74, 6) is 2.74. The van der Waals surface area contributed by atoms with Gasteiger partial charge in [0.15, 0.2) is 5.82 Å². The number of aromatic nitrogens is 7. The Labute approximate surface area is 175 Å². The first-order chi connectivity index (χ1) is 13.7. The van der Waals surface area contributed by atoms with Crippen molar-refractivity contribution in [1.29, 1.82) is 0 Å². The molecule has 1 saturated carbocycles. The molecular formula is C19H25ClN8O. The first kappa shape index (κ1) is 19.9. The van der Waals surface area contributed by atoms with Gasteiger partial charge < -0.3 is 10.1 Å². The number of nitrogens with one attached hydrogen (secondary N) is 1. The van der Waals surface area contributed by atoms with E-state index in [1.165, 1.54) is 0 Å². The Morgan fingerprint density at radius 3 is 2.83 bits per heavy atom. The van der Waals surface area contributed by atoms with E-state index in [2.05, 4.69) is 20.6 Å². The summed E-state index contributed by atoms with van der Waals surface area (Å²) >= 11 is 0. The minimum absolute atomic E-state index is 0. The van der Waals surface area contributed by atoms with Gasteiger partial charge in [0.1, 0.15) is 11.5 Å². The van der Waals surface area contributed by atoms with Gasteiger partial charge in [0.05, 0.1) is 24.6 Å². The topological polar surface area (TPSA) is 95.6 Å². The summed E-state index contributed by atoms with van der Waals surface area (Å²) in [6.45, 7) is 3.63. The van der Waals surface area contributed by atoms with E-state index in [0.717, 1.165) is 49.8 Å². The molecule has 0 aromatic carbocycles. The Hall–Kier alpha value is -2.36. The van der Waals surface area contributed by atoms with Crippen molar-refractivity contribution in [2.75, 3.05) is 13.2 Å². The number of morpholine rings is 1. The van der Waals surface area contributed by atoms with Crippen LogP contribution in [0.2, 0.25) is 0 Å². The first-order valence-corrected chi connectivity index (χ1v) is 9.80. The lowest BCUT2D eigenvalue weighted by Gasteiger charge is -2.39. The molecule has 0 spiro atoms. The average molecular weight is 417 g/mol. The van der Waals surface area contributed by atoms with Gasteiger partial charge in [-0.25, -0.2) is 4.98 Å². The third kappa shape index (κ3) is 3.77. The maximum atomic E-state index is 5.94. The van der Waals surface area contributed by atoms with E-state index in [-0.39, 0.29) is 12.4 Å². The molecule has 3 atom stereocenters. The predicted molar refractivity (Wildman–Crippen MR) is 109 cm³/mol. The molecule has 154 valence electrons. The number of rotatable bonds is 3. The van der Waals surface area contributed by atoms with E-state index >= 15 is 0 Å². The molecule has 3 aromatic heterocycles. The fourth-order valence-electron chi connectivity index (χ4n) is 4.20. The number of aryl methyl sites for hydroxylation is 2. The Bertz CT molecular complexity index is 969. The zero-order chi connectivity index (χ0) is 19.1. The van der Waals surface area contributed by atoms with Crippen LogP contribution in [0.15, 0.2) is 24.4 Å². The highest BCUT2D eigenvalue weighted by Gasteiger charge is 2.36. The van der Waals surface area contributed by atoms with E-state index in [9.17, 15) is 0 Å². The van der Waals surface area contributed by atoms with Gasteiger partial charge in [-0.3, -0.25) is 4.68 Å². The summed E-state index contributed by atoms with van der Waals surface area (Å²) in [4.78, 5) is 4.91. The summed E-state index contributed by atoms with van der Waals surface area (Å²) in [7, 11) is 1.92. The van der Waals surface area contributed by atoms with Crippen molar-refractivity contribution < 1.29 is 4.74 Å². The number of ether oxygens (including phenoxy) is 1. The Morgan fingerprint density at radius 1 is 1.17 bits per heavy atom. The predicted octanol–water partition coefficient (Wildman–Crippen LogP) is 1.81. The fourth-order valence-corrected chi connectivity index (χ4v) is 4.20. The molecular weight excluding hydrogens is 392 g/mol. The lowest BCUT2D eigenvalue weighted by molar-refractivity contribution is -0.0281. The second-order valence-corrected chi connectivity index (χ2v) is 7.56. The van der Waals surface area contributed by atoms with Crippen molar-refractivity contribution in [1.82, 2.24) is 40.1 Å². The zero-order valence-corrected chi connectivity index (χ0v) is 17.3. The first-order valence-electron chi connectivity index (χ1n) is 9.80. The third-order valence-corrected chi connectivity index (χ3v) is 5.66. The molecule has 4 heterocycles. The minimum Gasteiger partial charge on any atom is -0.375 e. The van der Waals surface area contributed by atoms with Crippen molar-refractivity contribution in [3.05, 3.63) is 35.9 Å². The van der Waals surface area contributed by atoms with Crippen LogP contribution in [-0.2, 0) is 11.8 Å². The van der Waals surface area contributed by atoms with Crippen LogP contribution in [0.1, 0.15) is 36.7 Å². The van der Waals surface area contributed by atoms with Crippen LogP contribution in [0.4, 0.5) is 0 Å². The third-order valence-electron chi connectivity index (χ3n) is 5.66. The molecule has 5 rings (SSSR count). The molecule has 1 aliphatic heterocycles. The monoisotopic (exact) mass is 416 g/mol. The maximum absolute atomic E-state index is 5.94. The van der Waals surface area contributed by atoms with Gasteiger partial charge >= 0.3 is 0 Å². The lowest BCUT2D eigenvalue weighted by Crippen LogP contribution is -2.51. The van der Waals surface area contributed by atoms with Gasteiger partial charge in [0, 0.05) is 31.6 Å². The van der Waals surface area contributed by atoms with Crippen LogP contribution < -0.4 is 5.32 Å². The molecule has 1 N–H and O–H groups in total. The van der Waals surface area contributed by atoms with E-state index in [1.807, 2.05) is 41.5 Å². The number of hydrogen-bond acceptors (Lipinski definition) is 7. The van der Waals surface area contributed by atoms with Crippen LogP contribution in [0.3, 0.4) is 0 Å². The van der Waals surface area contributed by atoms with Gasteiger partial charge in [-0.05, 0) is 38.3 Å². The highest BCUT2D eigenvalue weighted by atomic mass is 35.5. The number of fused-ring (bicyclic) bond motifs is 1. The summed E-state index contributed by atoms with van der Waals surface area (Å²) in [5, 5.41) is 21.1. The molecule has 0 bridgehead atoms. The Morgan fingerprint density at radius 2 is 2.07 bits per heavy atom. The van der Waals surface area contributed by atoms with Gasteiger partial charge in [-0.15, -0.1) is 22.6 Å². The Kier molecular flexibility index (Phi) is 5.62. The summed E-state index contributed by atoms with van der Waals surface area (Å²) in [6, 6.07) is 6.17. The van der Waals surface area contributed by atoms with Crippen molar-refractivity contribution in [3.8, 4) is 17.3 Å². The highest BCUT2D eigenvalue weighted by Crippen LogP contribution is 2.36. The van der Waals surface area contributed by atoms with Crippen molar-refractivity contribution in [2.45, 2.75) is 44.2 Å². The molecule has 9 nitrogen and oxygen atoms in total. The van der Waals surface area contributed by atoms with E-state index in [1.54, 1.807) is 6.20 Å². The van der Waals surface area contributed by atoms with Gasteiger partial charge in [-0.1, -0.05) is 0 Å². The molecule has 0 unspecified atom stereocenters. The molecule has 1 saturated heterocycles. The number of nitrogens with zero attached hydrogens (tertiary/aromatic N) is 7. The van der Waals surface area contributed by atoms with Crippen molar-refractivity contribution in [2.24, 2.45) is 7.05 Å². The average Bonchev–Trinajstić information content (AvgIpc) is 3.34. The standard InChI is InChI=1S/C19H24N8O.ClH/c1-12-3-5-14(24-23-12)18-22-19(27(25-18)17-7-8-21-26(17)2)13-4-6-16-15(11-13)20-9-10-28-16;/h3,5,7-8,13,15-16,20H,4,6,9-11H2,1-2H3;1H/t13-,15+,16+;/m0./s1. The van der Waals surface area contributed by atoms with Crippen LogP contribution in [0, 0.1) is 6.92 Å². The molecule has 1 aliphatic carbocycles. The van der Waals surface area contributed by atoms with Crippen LogP contribution in [0.25, 0.3) is 17.3 Å². The van der Waals surface area contributed by atoms with Crippen LogP contribution >= 0.6 is 12.4 Å². The van der Waals surface area contributed by atoms with Gasteiger partial charge in [-0.2, -0.15) is 14.9 Å².